The maximum Gasteiger partial charge on any atom is 0.275 e. The first-order valence-corrected chi connectivity index (χ1v) is 12.9. The molecule has 4 aromatic rings. The number of hydrogen-bond donors (Lipinski definition) is 2. The first-order valence-electron chi connectivity index (χ1n) is 12.9. The monoisotopic (exact) mass is 514 g/mol. The Morgan fingerprint density at radius 3 is 2.26 bits per heavy atom. The van der Waals surface area contributed by atoms with Crippen LogP contribution < -0.4 is 5.73 Å². The number of aromatic nitrogens is 4. The first-order chi connectivity index (χ1) is 18.1. The molecule has 8 nitrogen and oxygen atoms in total. The van der Waals surface area contributed by atoms with Crippen molar-refractivity contribution < 1.29 is 9.90 Å². The third kappa shape index (κ3) is 6.03. The van der Waals surface area contributed by atoms with Gasteiger partial charge in [-0.1, -0.05) is 81.4 Å². The number of benzene rings is 2. The molecule has 200 valence electrons. The van der Waals surface area contributed by atoms with Crippen LogP contribution in [-0.2, 0) is 13.6 Å². The molecule has 0 unspecified atom stereocenters. The van der Waals surface area contributed by atoms with Crippen LogP contribution in [0.1, 0.15) is 54.4 Å². The highest BCUT2D eigenvalue weighted by atomic mass is 16.3. The number of rotatable bonds is 9. The van der Waals surface area contributed by atoms with Crippen LogP contribution in [-0.4, -0.2) is 54.4 Å². The number of imidazole rings is 1. The molecule has 0 bridgehead atoms. The lowest BCUT2D eigenvalue weighted by molar-refractivity contribution is 0.0291. The Balaban J connectivity index is 1.88. The molecule has 1 amide bonds. The van der Waals surface area contributed by atoms with E-state index >= 15 is 0 Å². The van der Waals surface area contributed by atoms with E-state index in [9.17, 15) is 9.90 Å². The number of carbonyl (C=O) groups is 1. The summed E-state index contributed by atoms with van der Waals surface area (Å²) in [5.74, 6) is 0.474. The fourth-order valence-electron chi connectivity index (χ4n) is 4.72. The van der Waals surface area contributed by atoms with Gasteiger partial charge >= 0.3 is 0 Å². The lowest BCUT2D eigenvalue weighted by Gasteiger charge is -2.40. The van der Waals surface area contributed by atoms with Gasteiger partial charge in [0.1, 0.15) is 5.82 Å². The molecule has 0 spiro atoms. The van der Waals surface area contributed by atoms with Crippen molar-refractivity contribution >= 4 is 5.91 Å². The van der Waals surface area contributed by atoms with Gasteiger partial charge in [-0.05, 0) is 24.0 Å². The number of aliphatic hydroxyl groups is 1. The molecular weight excluding hydrogens is 476 g/mol. The molecule has 0 aliphatic carbocycles. The van der Waals surface area contributed by atoms with Gasteiger partial charge in [0.05, 0.1) is 17.8 Å². The van der Waals surface area contributed by atoms with Gasteiger partial charge in [-0.3, -0.25) is 9.48 Å². The molecule has 8 heteroatoms. The summed E-state index contributed by atoms with van der Waals surface area (Å²) in [5.41, 5.74) is 9.53. The van der Waals surface area contributed by atoms with Crippen molar-refractivity contribution in [2.75, 3.05) is 13.1 Å². The fraction of sp³-hybridized carbons (Fsp3) is 0.367. The lowest BCUT2D eigenvalue weighted by Crippen LogP contribution is -2.47. The maximum absolute atomic E-state index is 14.0. The number of nitrogens with two attached hydrogens (primary N) is 1. The number of aliphatic hydroxyl groups excluding tert-OH is 1. The van der Waals surface area contributed by atoms with Gasteiger partial charge in [0, 0.05) is 44.1 Å². The fourth-order valence-corrected chi connectivity index (χ4v) is 4.72. The van der Waals surface area contributed by atoms with E-state index in [1.54, 1.807) is 15.6 Å². The molecule has 3 N–H and O–H groups in total. The molecule has 0 aliphatic heterocycles. The summed E-state index contributed by atoms with van der Waals surface area (Å²) in [6.45, 7) is 8.84. The van der Waals surface area contributed by atoms with Crippen molar-refractivity contribution in [3.63, 3.8) is 0 Å². The van der Waals surface area contributed by atoms with Gasteiger partial charge in [0.25, 0.3) is 5.91 Å². The van der Waals surface area contributed by atoms with Crippen molar-refractivity contribution in [1.82, 2.24) is 24.2 Å². The smallest absolute Gasteiger partial charge is 0.275 e. The maximum atomic E-state index is 14.0. The Labute approximate surface area is 224 Å². The number of carbonyl (C=O) groups excluding carboxylic acids is 1. The summed E-state index contributed by atoms with van der Waals surface area (Å²) < 4.78 is 3.80. The second kappa shape index (κ2) is 11.3. The van der Waals surface area contributed by atoms with Crippen molar-refractivity contribution in [1.29, 1.82) is 0 Å². The largest absolute Gasteiger partial charge is 0.390 e. The molecule has 4 rings (SSSR count). The van der Waals surface area contributed by atoms with Crippen LogP contribution in [0, 0.1) is 12.3 Å². The van der Waals surface area contributed by atoms with E-state index in [2.05, 4.69) is 42.6 Å². The van der Waals surface area contributed by atoms with Gasteiger partial charge in [-0.2, -0.15) is 5.10 Å². The van der Waals surface area contributed by atoms with E-state index in [0.29, 0.717) is 12.2 Å². The van der Waals surface area contributed by atoms with E-state index < -0.39 is 17.6 Å². The summed E-state index contributed by atoms with van der Waals surface area (Å²) >= 11 is 0. The van der Waals surface area contributed by atoms with E-state index in [4.69, 9.17) is 10.7 Å². The molecule has 0 saturated carbocycles. The van der Waals surface area contributed by atoms with Crippen LogP contribution >= 0.6 is 0 Å². The molecule has 2 aromatic carbocycles. The Morgan fingerprint density at radius 1 is 1.08 bits per heavy atom. The highest BCUT2D eigenvalue weighted by molar-refractivity contribution is 5.92. The predicted octanol–water partition coefficient (Wildman–Crippen LogP) is 4.19. The molecule has 0 saturated heterocycles. The molecular formula is C30H38N6O2. The van der Waals surface area contributed by atoms with E-state index in [-0.39, 0.29) is 19.0 Å². The van der Waals surface area contributed by atoms with Crippen LogP contribution in [0.5, 0.6) is 0 Å². The third-order valence-electron chi connectivity index (χ3n) is 6.72. The van der Waals surface area contributed by atoms with Gasteiger partial charge < -0.3 is 20.3 Å². The highest BCUT2D eigenvalue weighted by Crippen LogP contribution is 2.39. The molecule has 38 heavy (non-hydrogen) atoms. The van der Waals surface area contributed by atoms with E-state index in [1.165, 1.54) is 0 Å². The summed E-state index contributed by atoms with van der Waals surface area (Å²) in [6.07, 6.45) is 1.16. The normalized spacial score (nSPS) is 13.3. The van der Waals surface area contributed by atoms with Crippen LogP contribution in [0.3, 0.4) is 0 Å². The average Bonchev–Trinajstić information content (AvgIpc) is 3.46. The summed E-state index contributed by atoms with van der Waals surface area (Å²) in [7, 11) is 1.81. The lowest BCUT2D eigenvalue weighted by atomic mass is 9.84. The number of nitrogens with zero attached hydrogens (tertiary/aromatic N) is 5. The van der Waals surface area contributed by atoms with Crippen molar-refractivity contribution in [2.45, 2.75) is 46.4 Å². The van der Waals surface area contributed by atoms with Crippen LogP contribution in [0.25, 0.3) is 11.3 Å². The van der Waals surface area contributed by atoms with Crippen LogP contribution in [0.15, 0.2) is 72.9 Å². The molecule has 2 aromatic heterocycles. The molecule has 2 atom stereocenters. The zero-order valence-corrected chi connectivity index (χ0v) is 22.9. The Kier molecular flexibility index (Phi) is 8.14. The zero-order chi connectivity index (χ0) is 27.4. The topological polar surface area (TPSA) is 102 Å². The predicted molar refractivity (Wildman–Crippen MR) is 149 cm³/mol. The first kappa shape index (κ1) is 27.3. The van der Waals surface area contributed by atoms with Gasteiger partial charge in [-0.25, -0.2) is 4.98 Å². The number of aryl methyl sites for hydroxylation is 2. The Morgan fingerprint density at radius 2 is 1.71 bits per heavy atom. The van der Waals surface area contributed by atoms with Crippen molar-refractivity contribution in [2.24, 2.45) is 18.2 Å². The standard InChI is InChI=1S/C30H38N6O2/c1-21-16-25(33-34(21)5)29(38)36(19-24(37)17-31)27(30(2,3)4)28-32-26(23-14-10-7-11-15-23)20-35(28)18-22-12-8-6-9-13-22/h6-16,20,24,27,37H,17-19,31H2,1-5H3/t24-,27+/m1/s1. The molecule has 0 fully saturated rings. The minimum absolute atomic E-state index is 0.0373. The zero-order valence-electron chi connectivity index (χ0n) is 22.9. The number of hydrogen-bond acceptors (Lipinski definition) is 5. The third-order valence-corrected chi connectivity index (χ3v) is 6.72. The van der Waals surface area contributed by atoms with Crippen molar-refractivity contribution in [3.05, 3.63) is 95.7 Å². The molecule has 0 radical (unpaired) electrons. The summed E-state index contributed by atoms with van der Waals surface area (Å²) in [4.78, 5) is 20.9. The second-order valence-electron chi connectivity index (χ2n) is 10.9. The Bertz CT molecular complexity index is 1340. The SMILES string of the molecule is Cc1cc(C(=O)N(C[C@H](O)CN)[C@@H](c2nc(-c3ccccc3)cn2Cc2ccccc2)C(C)(C)C)nn1C. The average molecular weight is 515 g/mol. The van der Waals surface area contributed by atoms with Crippen LogP contribution in [0.2, 0.25) is 0 Å². The second-order valence-corrected chi connectivity index (χ2v) is 10.9. The quantitative estimate of drug-likeness (QED) is 0.349. The summed E-state index contributed by atoms with van der Waals surface area (Å²) in [6, 6.07) is 21.5. The van der Waals surface area contributed by atoms with Gasteiger partial charge in [0.2, 0.25) is 0 Å². The highest BCUT2D eigenvalue weighted by Gasteiger charge is 2.40. The number of amides is 1. The van der Waals surface area contributed by atoms with Gasteiger partial charge in [0.15, 0.2) is 5.69 Å². The molecule has 2 heterocycles. The minimum Gasteiger partial charge on any atom is -0.390 e. The molecule has 0 aliphatic rings. The van der Waals surface area contributed by atoms with E-state index in [1.807, 2.05) is 68.7 Å². The summed E-state index contributed by atoms with van der Waals surface area (Å²) in [5, 5.41) is 15.1. The minimum atomic E-state index is -0.889. The van der Waals surface area contributed by atoms with Gasteiger partial charge in [-0.15, -0.1) is 0 Å². The van der Waals surface area contributed by atoms with Crippen LogP contribution in [0.4, 0.5) is 0 Å². The Hall–Kier alpha value is -3.75. The van der Waals surface area contributed by atoms with E-state index in [0.717, 1.165) is 28.3 Å². The van der Waals surface area contributed by atoms with Crippen molar-refractivity contribution in [3.8, 4) is 11.3 Å².